The predicted octanol–water partition coefficient (Wildman–Crippen LogP) is 2.88. The average Bonchev–Trinajstić information content (AvgIpc) is 2.55. The third-order valence-corrected chi connectivity index (χ3v) is 3.26. The van der Waals surface area contributed by atoms with Crippen LogP contribution in [0.1, 0.15) is 24.0 Å². The van der Waals surface area contributed by atoms with Gasteiger partial charge in [-0.2, -0.15) is 0 Å². The van der Waals surface area contributed by atoms with E-state index in [4.69, 9.17) is 16.0 Å². The van der Waals surface area contributed by atoms with Gasteiger partial charge in [0.1, 0.15) is 11.6 Å². The molecular formula is C17H21N3O. The summed E-state index contributed by atoms with van der Waals surface area (Å²) in [7, 11) is 0. The van der Waals surface area contributed by atoms with Crippen molar-refractivity contribution in [3.63, 3.8) is 0 Å². The van der Waals surface area contributed by atoms with Crippen LogP contribution in [0.3, 0.4) is 0 Å². The number of amidine groups is 1. The van der Waals surface area contributed by atoms with Crippen molar-refractivity contribution < 1.29 is 4.74 Å². The molecule has 0 unspecified atom stereocenters. The van der Waals surface area contributed by atoms with E-state index in [-0.39, 0.29) is 5.84 Å². The molecule has 0 radical (unpaired) electrons. The first-order valence-corrected chi connectivity index (χ1v) is 7.12. The van der Waals surface area contributed by atoms with Crippen LogP contribution in [0.5, 0.6) is 5.75 Å². The number of unbranched alkanes of at least 4 members (excludes halogenated alkanes) is 1. The Bertz CT molecular complexity index is 552. The van der Waals surface area contributed by atoms with Crippen LogP contribution in [0, 0.1) is 5.41 Å². The van der Waals surface area contributed by atoms with Crippen LogP contribution in [0.25, 0.3) is 0 Å². The molecule has 0 aromatic heterocycles. The smallest absolute Gasteiger partial charge is 0.139 e. The number of nitrogens with one attached hydrogen (secondary N) is 2. The average molecular weight is 283 g/mol. The molecule has 2 rings (SSSR count). The summed E-state index contributed by atoms with van der Waals surface area (Å²) < 4.78 is 5.69. The van der Waals surface area contributed by atoms with E-state index in [2.05, 4.69) is 29.7 Å². The van der Waals surface area contributed by atoms with Gasteiger partial charge >= 0.3 is 0 Å². The molecule has 110 valence electrons. The van der Waals surface area contributed by atoms with E-state index in [1.807, 2.05) is 30.3 Å². The highest BCUT2D eigenvalue weighted by molar-refractivity contribution is 5.95. The zero-order valence-corrected chi connectivity index (χ0v) is 12.0. The number of nitrogens with two attached hydrogens (primary N) is 1. The minimum atomic E-state index is 0.199. The van der Waals surface area contributed by atoms with Gasteiger partial charge in [0.05, 0.1) is 6.61 Å². The second-order valence-corrected chi connectivity index (χ2v) is 4.83. The molecule has 0 bridgehead atoms. The van der Waals surface area contributed by atoms with Gasteiger partial charge in [0.15, 0.2) is 0 Å². The minimum absolute atomic E-state index is 0.199. The summed E-state index contributed by atoms with van der Waals surface area (Å²) in [6, 6.07) is 17.8. The summed E-state index contributed by atoms with van der Waals surface area (Å²) in [6.45, 7) is 0.707. The van der Waals surface area contributed by atoms with Crippen molar-refractivity contribution in [3.05, 3.63) is 65.7 Å². The van der Waals surface area contributed by atoms with Gasteiger partial charge in [0, 0.05) is 5.56 Å². The molecule has 0 aliphatic carbocycles. The maximum Gasteiger partial charge on any atom is 0.139 e. The number of hydrogen-bond donors (Lipinski definition) is 3. The second kappa shape index (κ2) is 8.07. The Morgan fingerprint density at radius 2 is 1.71 bits per heavy atom. The number of rotatable bonds is 7. The summed E-state index contributed by atoms with van der Waals surface area (Å²) in [4.78, 5) is 0. The van der Waals surface area contributed by atoms with Crippen molar-refractivity contribution in [1.29, 1.82) is 5.41 Å². The fourth-order valence-corrected chi connectivity index (χ4v) is 2.07. The Balaban J connectivity index is 1.68. The zero-order chi connectivity index (χ0) is 14.9. The molecular weight excluding hydrogens is 262 g/mol. The molecule has 0 spiro atoms. The quantitative estimate of drug-likeness (QED) is 0.240. The summed E-state index contributed by atoms with van der Waals surface area (Å²) in [6.07, 6.45) is 3.23. The molecule has 0 fully saturated rings. The third-order valence-electron chi connectivity index (χ3n) is 3.26. The second-order valence-electron chi connectivity index (χ2n) is 4.83. The molecule has 4 N–H and O–H groups in total. The SMILES string of the molecule is N=C(NN)c1ccc(OCCCCc2ccccc2)cc1. The van der Waals surface area contributed by atoms with Crippen molar-refractivity contribution in [2.45, 2.75) is 19.3 Å². The van der Waals surface area contributed by atoms with Crippen LogP contribution in [0.4, 0.5) is 0 Å². The minimum Gasteiger partial charge on any atom is -0.494 e. The Labute approximate surface area is 125 Å². The van der Waals surface area contributed by atoms with Crippen LogP contribution in [0.15, 0.2) is 54.6 Å². The molecule has 0 saturated heterocycles. The first kappa shape index (κ1) is 15.1. The number of aryl methyl sites for hydroxylation is 1. The van der Waals surface area contributed by atoms with Crippen LogP contribution in [-0.4, -0.2) is 12.4 Å². The Kier molecular flexibility index (Phi) is 5.79. The van der Waals surface area contributed by atoms with Gasteiger partial charge in [-0.25, -0.2) is 5.84 Å². The van der Waals surface area contributed by atoms with Gasteiger partial charge in [0.2, 0.25) is 0 Å². The first-order chi connectivity index (χ1) is 10.3. The molecule has 4 nitrogen and oxygen atoms in total. The standard InChI is InChI=1S/C17H21N3O/c18-17(20-19)15-9-11-16(12-10-15)21-13-5-4-8-14-6-2-1-3-7-14/h1-3,6-7,9-12H,4-5,8,13,19H2,(H2,18,20). The summed E-state index contributed by atoms with van der Waals surface area (Å²) in [5.41, 5.74) is 4.43. The largest absolute Gasteiger partial charge is 0.494 e. The van der Waals surface area contributed by atoms with E-state index in [1.165, 1.54) is 5.56 Å². The lowest BCUT2D eigenvalue weighted by molar-refractivity contribution is 0.307. The van der Waals surface area contributed by atoms with Crippen molar-refractivity contribution in [3.8, 4) is 5.75 Å². The van der Waals surface area contributed by atoms with Gasteiger partial charge in [-0.1, -0.05) is 30.3 Å². The molecule has 0 amide bonds. The highest BCUT2D eigenvalue weighted by Crippen LogP contribution is 2.13. The van der Waals surface area contributed by atoms with Crippen molar-refractivity contribution in [2.24, 2.45) is 5.84 Å². The number of ether oxygens (including phenoxy) is 1. The van der Waals surface area contributed by atoms with Crippen LogP contribution in [0.2, 0.25) is 0 Å². The molecule has 4 heteroatoms. The van der Waals surface area contributed by atoms with Crippen molar-refractivity contribution >= 4 is 5.84 Å². The highest BCUT2D eigenvalue weighted by atomic mass is 16.5. The zero-order valence-electron chi connectivity index (χ0n) is 12.0. The molecule has 0 saturated carbocycles. The maximum absolute atomic E-state index is 7.55. The number of hydrazine groups is 1. The van der Waals surface area contributed by atoms with Crippen LogP contribution in [-0.2, 0) is 6.42 Å². The normalized spacial score (nSPS) is 10.1. The molecule has 21 heavy (non-hydrogen) atoms. The Hall–Kier alpha value is -2.33. The monoisotopic (exact) mass is 283 g/mol. The van der Waals surface area contributed by atoms with E-state index in [1.54, 1.807) is 0 Å². The van der Waals surface area contributed by atoms with E-state index in [9.17, 15) is 0 Å². The molecule has 2 aromatic carbocycles. The Morgan fingerprint density at radius 1 is 1.00 bits per heavy atom. The lowest BCUT2D eigenvalue weighted by Crippen LogP contribution is -2.29. The van der Waals surface area contributed by atoms with E-state index in [0.29, 0.717) is 6.61 Å². The fraction of sp³-hybridized carbons (Fsp3) is 0.235. The topological polar surface area (TPSA) is 71.1 Å². The third kappa shape index (κ3) is 4.93. The lowest BCUT2D eigenvalue weighted by atomic mass is 10.1. The summed E-state index contributed by atoms with van der Waals surface area (Å²) in [5, 5.41) is 7.55. The maximum atomic E-state index is 7.55. The van der Waals surface area contributed by atoms with Crippen molar-refractivity contribution in [2.75, 3.05) is 6.61 Å². The van der Waals surface area contributed by atoms with E-state index in [0.717, 1.165) is 30.6 Å². The van der Waals surface area contributed by atoms with Gasteiger partial charge in [-0.3, -0.25) is 5.41 Å². The van der Waals surface area contributed by atoms with Gasteiger partial charge in [0.25, 0.3) is 0 Å². The van der Waals surface area contributed by atoms with Crippen LogP contribution < -0.4 is 16.0 Å². The molecule has 2 aromatic rings. The van der Waals surface area contributed by atoms with E-state index >= 15 is 0 Å². The molecule has 0 atom stereocenters. The first-order valence-electron chi connectivity index (χ1n) is 7.12. The molecule has 0 aliphatic heterocycles. The summed E-state index contributed by atoms with van der Waals surface area (Å²) >= 11 is 0. The fourth-order valence-electron chi connectivity index (χ4n) is 2.07. The number of hydrogen-bond acceptors (Lipinski definition) is 3. The summed E-state index contributed by atoms with van der Waals surface area (Å²) in [5.74, 6) is 6.22. The number of benzene rings is 2. The Morgan fingerprint density at radius 3 is 2.38 bits per heavy atom. The van der Waals surface area contributed by atoms with Gasteiger partial charge in [-0.15, -0.1) is 0 Å². The predicted molar refractivity (Wildman–Crippen MR) is 85.5 cm³/mol. The molecule has 0 heterocycles. The van der Waals surface area contributed by atoms with E-state index < -0.39 is 0 Å². The molecule has 0 aliphatic rings. The van der Waals surface area contributed by atoms with Crippen LogP contribution >= 0.6 is 0 Å². The van der Waals surface area contributed by atoms with Gasteiger partial charge < -0.3 is 10.2 Å². The van der Waals surface area contributed by atoms with Crippen molar-refractivity contribution in [1.82, 2.24) is 5.43 Å². The lowest BCUT2D eigenvalue weighted by Gasteiger charge is -2.08. The highest BCUT2D eigenvalue weighted by Gasteiger charge is 2.00. The van der Waals surface area contributed by atoms with Gasteiger partial charge in [-0.05, 0) is 49.1 Å².